The van der Waals surface area contributed by atoms with Gasteiger partial charge in [0.15, 0.2) is 0 Å². The van der Waals surface area contributed by atoms with Crippen LogP contribution >= 0.6 is 0 Å². The Hall–Kier alpha value is -2.07. The number of nitrogens with one attached hydrogen (secondary N) is 1. The van der Waals surface area contributed by atoms with Gasteiger partial charge in [-0.05, 0) is 57.2 Å². The molecule has 10 heteroatoms. The average Bonchev–Trinajstić information content (AvgIpc) is 3.40. The minimum Gasteiger partial charge on any atom is -0.354 e. The van der Waals surface area contributed by atoms with Crippen LogP contribution in [0, 0.1) is 11.8 Å². The molecule has 1 saturated heterocycles. The number of sulfonamides is 1. The van der Waals surface area contributed by atoms with Crippen LogP contribution in [0.4, 0.5) is 8.78 Å². The van der Waals surface area contributed by atoms with Crippen molar-refractivity contribution in [1.82, 2.24) is 19.2 Å². The van der Waals surface area contributed by atoms with E-state index in [0.29, 0.717) is 37.9 Å². The molecule has 0 unspecified atom stereocenters. The molecular formula is C26H38F2N4O3S. The average molecular weight is 525 g/mol. The first kappa shape index (κ1) is 27.0. The lowest BCUT2D eigenvalue weighted by atomic mass is 9.86. The van der Waals surface area contributed by atoms with Crippen molar-refractivity contribution in [2.24, 2.45) is 11.8 Å². The summed E-state index contributed by atoms with van der Waals surface area (Å²) in [5, 5.41) is 2.87. The molecule has 1 aromatic heterocycles. The van der Waals surface area contributed by atoms with E-state index in [1.807, 2.05) is 34.6 Å². The van der Waals surface area contributed by atoms with Crippen molar-refractivity contribution in [3.63, 3.8) is 0 Å². The van der Waals surface area contributed by atoms with Gasteiger partial charge < -0.3 is 9.88 Å². The maximum absolute atomic E-state index is 13.7. The van der Waals surface area contributed by atoms with E-state index >= 15 is 0 Å². The molecular weight excluding hydrogens is 486 g/mol. The van der Waals surface area contributed by atoms with Crippen LogP contribution < -0.4 is 5.32 Å². The first-order chi connectivity index (χ1) is 16.7. The van der Waals surface area contributed by atoms with Crippen LogP contribution in [-0.4, -0.2) is 53.2 Å². The summed E-state index contributed by atoms with van der Waals surface area (Å²) < 4.78 is 57.7. The third-order valence-corrected chi connectivity index (χ3v) is 9.12. The molecule has 200 valence electrons. The van der Waals surface area contributed by atoms with Crippen molar-refractivity contribution in [2.75, 3.05) is 13.1 Å². The Morgan fingerprint density at radius 2 is 1.86 bits per heavy atom. The minimum atomic E-state index is -3.78. The molecule has 1 aliphatic carbocycles. The summed E-state index contributed by atoms with van der Waals surface area (Å²) in [5.74, 6) is -2.11. The van der Waals surface area contributed by atoms with Gasteiger partial charge in [-0.25, -0.2) is 22.2 Å². The number of hydrogen-bond acceptors (Lipinski definition) is 4. The fraction of sp³-hybridized carbons (Fsp3) is 0.692. The van der Waals surface area contributed by atoms with Gasteiger partial charge in [-0.2, -0.15) is 4.31 Å². The van der Waals surface area contributed by atoms with Crippen molar-refractivity contribution in [1.29, 1.82) is 0 Å². The van der Waals surface area contributed by atoms with E-state index in [-0.39, 0.29) is 53.5 Å². The minimum absolute atomic E-state index is 0.00258. The van der Waals surface area contributed by atoms with E-state index in [2.05, 4.69) is 9.88 Å². The molecule has 4 rings (SSSR count). The summed E-state index contributed by atoms with van der Waals surface area (Å²) in [7, 11) is -3.78. The molecule has 2 heterocycles. The number of hydrogen-bond donors (Lipinski definition) is 1. The molecule has 1 aliphatic heterocycles. The normalized spacial score (nSPS) is 21.9. The van der Waals surface area contributed by atoms with Crippen molar-refractivity contribution in [3.05, 3.63) is 24.0 Å². The molecule has 7 nitrogen and oxygen atoms in total. The quantitative estimate of drug-likeness (QED) is 0.594. The largest absolute Gasteiger partial charge is 0.354 e. The molecule has 0 bridgehead atoms. The lowest BCUT2D eigenvalue weighted by Crippen LogP contribution is -2.37. The number of halogens is 2. The Kier molecular flexibility index (Phi) is 7.24. The third kappa shape index (κ3) is 5.59. The summed E-state index contributed by atoms with van der Waals surface area (Å²) in [6.07, 6.45) is 1.23. The predicted molar refractivity (Wildman–Crippen MR) is 135 cm³/mol. The Morgan fingerprint density at radius 1 is 1.19 bits per heavy atom. The van der Waals surface area contributed by atoms with Gasteiger partial charge in [-0.3, -0.25) is 4.79 Å². The van der Waals surface area contributed by atoms with Gasteiger partial charge in [0.05, 0.1) is 21.8 Å². The molecule has 0 spiro atoms. The highest BCUT2D eigenvalue weighted by atomic mass is 32.2. The first-order valence-electron chi connectivity index (χ1n) is 12.9. The van der Waals surface area contributed by atoms with Crippen LogP contribution in [0.3, 0.4) is 0 Å². The summed E-state index contributed by atoms with van der Waals surface area (Å²) in [6, 6.07) is 4.98. The van der Waals surface area contributed by atoms with Gasteiger partial charge in [0.25, 0.3) is 0 Å². The molecule has 36 heavy (non-hydrogen) atoms. The van der Waals surface area contributed by atoms with Crippen molar-refractivity contribution in [2.45, 2.75) is 95.5 Å². The van der Waals surface area contributed by atoms with Gasteiger partial charge in [0.2, 0.25) is 21.9 Å². The van der Waals surface area contributed by atoms with Gasteiger partial charge >= 0.3 is 0 Å². The topological polar surface area (TPSA) is 84.3 Å². The van der Waals surface area contributed by atoms with E-state index in [0.717, 1.165) is 11.3 Å². The molecule has 1 amide bonds. The van der Waals surface area contributed by atoms with Gasteiger partial charge in [0, 0.05) is 43.9 Å². The van der Waals surface area contributed by atoms with Crippen LogP contribution in [-0.2, 0) is 26.8 Å². The number of alkyl halides is 2. The number of carbonyl (C=O) groups is 1. The molecule has 2 aromatic rings. The zero-order valence-electron chi connectivity index (χ0n) is 21.9. The zero-order valence-corrected chi connectivity index (χ0v) is 22.7. The molecule has 1 atom stereocenters. The maximum Gasteiger partial charge on any atom is 0.248 e. The monoisotopic (exact) mass is 524 g/mol. The second kappa shape index (κ2) is 9.67. The van der Waals surface area contributed by atoms with Crippen molar-refractivity contribution >= 4 is 27.0 Å². The zero-order chi connectivity index (χ0) is 26.5. The summed E-state index contributed by atoms with van der Waals surface area (Å²) in [4.78, 5) is 17.4. The molecule has 2 fully saturated rings. The summed E-state index contributed by atoms with van der Waals surface area (Å²) >= 11 is 0. The van der Waals surface area contributed by atoms with E-state index in [1.54, 1.807) is 18.2 Å². The molecule has 2 aliphatic rings. The number of amides is 1. The fourth-order valence-corrected chi connectivity index (χ4v) is 6.80. The number of imidazole rings is 1. The second-order valence-electron chi connectivity index (χ2n) is 11.8. The van der Waals surface area contributed by atoms with E-state index in [4.69, 9.17) is 4.98 Å². The van der Waals surface area contributed by atoms with Crippen molar-refractivity contribution in [3.8, 4) is 0 Å². The third-order valence-electron chi connectivity index (χ3n) is 7.26. The van der Waals surface area contributed by atoms with Crippen LogP contribution in [0.15, 0.2) is 23.1 Å². The Balaban J connectivity index is 1.61. The Bertz CT molecular complexity index is 1220. The Labute approximate surface area is 212 Å². The summed E-state index contributed by atoms with van der Waals surface area (Å²) in [5.41, 5.74) is 1.09. The highest BCUT2D eigenvalue weighted by Gasteiger charge is 2.37. The van der Waals surface area contributed by atoms with Gasteiger partial charge in [0.1, 0.15) is 5.82 Å². The maximum atomic E-state index is 13.7. The van der Waals surface area contributed by atoms with Crippen LogP contribution in [0.2, 0.25) is 0 Å². The van der Waals surface area contributed by atoms with Crippen LogP contribution in [0.5, 0.6) is 0 Å². The SMILES string of the molecule is CC(C)NC(=O)[C@H]1CCN(S(=O)(=O)c2ccc3c(c2)nc(C(C)(C)C)n3CC2CCC(F)(F)CC2)C1. The standard InChI is InChI=1S/C26H38F2N4O3S/c1-17(2)29-23(33)19-10-13-31(16-19)36(34,35)20-6-7-22-21(14-20)30-24(25(3,4)5)32(22)15-18-8-11-26(27,28)12-9-18/h6-7,14,17-19H,8-13,15-16H2,1-5H3,(H,29,33)/t19-/m0/s1. The smallest absolute Gasteiger partial charge is 0.248 e. The number of aromatic nitrogens is 2. The van der Waals surface area contributed by atoms with E-state index < -0.39 is 15.9 Å². The number of benzene rings is 1. The van der Waals surface area contributed by atoms with E-state index in [1.165, 1.54) is 4.31 Å². The molecule has 0 radical (unpaired) electrons. The molecule has 1 N–H and O–H groups in total. The number of fused-ring (bicyclic) bond motifs is 1. The van der Waals surface area contributed by atoms with E-state index in [9.17, 15) is 22.0 Å². The van der Waals surface area contributed by atoms with Crippen LogP contribution in [0.1, 0.15) is 72.5 Å². The number of rotatable bonds is 6. The number of nitrogens with zero attached hydrogens (tertiary/aromatic N) is 3. The predicted octanol–water partition coefficient (Wildman–Crippen LogP) is 4.69. The lowest BCUT2D eigenvalue weighted by Gasteiger charge is -2.30. The van der Waals surface area contributed by atoms with Crippen LogP contribution in [0.25, 0.3) is 11.0 Å². The lowest BCUT2D eigenvalue weighted by molar-refractivity contribution is -0.125. The van der Waals surface area contributed by atoms with Gasteiger partial charge in [-0.15, -0.1) is 0 Å². The van der Waals surface area contributed by atoms with Crippen molar-refractivity contribution < 1.29 is 22.0 Å². The number of carbonyl (C=O) groups excluding carboxylic acids is 1. The fourth-order valence-electron chi connectivity index (χ4n) is 5.28. The summed E-state index contributed by atoms with van der Waals surface area (Å²) in [6.45, 7) is 10.9. The first-order valence-corrected chi connectivity index (χ1v) is 14.3. The van der Waals surface area contributed by atoms with Gasteiger partial charge in [-0.1, -0.05) is 20.8 Å². The molecule has 1 saturated carbocycles. The second-order valence-corrected chi connectivity index (χ2v) is 13.7. The Morgan fingerprint density at radius 3 is 2.47 bits per heavy atom. The molecule has 1 aromatic carbocycles. The highest BCUT2D eigenvalue weighted by molar-refractivity contribution is 7.89. The highest BCUT2D eigenvalue weighted by Crippen LogP contribution is 2.38.